The molecule has 1 rings (SSSR count). The average Bonchev–Trinajstić information content (AvgIpc) is 2.36. The molecule has 0 aromatic heterocycles. The molecule has 2 N–H and O–H groups in total. The van der Waals surface area contributed by atoms with Crippen molar-refractivity contribution in [3.05, 3.63) is 23.2 Å². The fraction of sp³-hybridized carbons (Fsp3) is 0.500. The molecule has 1 aromatic carbocycles. The van der Waals surface area contributed by atoms with Gasteiger partial charge in [-0.15, -0.1) is 0 Å². The maximum Gasteiger partial charge on any atom is 0.241 e. The Bertz CT molecular complexity index is 653. The van der Waals surface area contributed by atoms with Gasteiger partial charge in [0.25, 0.3) is 0 Å². The Morgan fingerprint density at radius 1 is 1.32 bits per heavy atom. The Hall–Kier alpha value is -1.31. The van der Waals surface area contributed by atoms with Crippen molar-refractivity contribution < 1.29 is 17.9 Å². The molecular formula is C14H21ClN2O4S. The smallest absolute Gasteiger partial charge is 0.241 e. The zero-order valence-electron chi connectivity index (χ0n) is 13.2. The second-order valence-corrected chi connectivity index (χ2v) is 8.00. The lowest BCUT2D eigenvalue weighted by Crippen LogP contribution is -2.50. The zero-order chi connectivity index (χ0) is 17.1. The second-order valence-electron chi connectivity index (χ2n) is 5.88. The summed E-state index contributed by atoms with van der Waals surface area (Å²) in [5.41, 5.74) is -0.444. The van der Waals surface area contributed by atoms with E-state index >= 15 is 0 Å². The van der Waals surface area contributed by atoms with E-state index in [1.165, 1.54) is 32.2 Å². The molecule has 6 nitrogen and oxygen atoms in total. The Balaban J connectivity index is 2.91. The standard InChI is InChI=1S/C14H21ClN2O4S/c1-9(13(18)16-14(2,3)4)17-22(19,20)10-6-7-12(21-5)11(15)8-10/h6-9,17H,1-5H3,(H,16,18)/t9-/m1/s1. The van der Waals surface area contributed by atoms with Gasteiger partial charge in [-0.25, -0.2) is 8.42 Å². The number of hydrogen-bond donors (Lipinski definition) is 2. The summed E-state index contributed by atoms with van der Waals surface area (Å²) in [6.45, 7) is 6.92. The van der Waals surface area contributed by atoms with Gasteiger partial charge in [-0.2, -0.15) is 4.72 Å². The summed E-state index contributed by atoms with van der Waals surface area (Å²) in [6, 6.07) is 3.18. The molecule has 0 aliphatic carbocycles. The number of carbonyl (C=O) groups is 1. The van der Waals surface area contributed by atoms with Crippen LogP contribution >= 0.6 is 11.6 Å². The summed E-state index contributed by atoms with van der Waals surface area (Å²) >= 11 is 5.93. The number of halogens is 1. The molecule has 0 spiro atoms. The van der Waals surface area contributed by atoms with Crippen molar-refractivity contribution >= 4 is 27.5 Å². The van der Waals surface area contributed by atoms with Crippen molar-refractivity contribution in [2.75, 3.05) is 7.11 Å². The number of sulfonamides is 1. The van der Waals surface area contributed by atoms with Gasteiger partial charge in [0.2, 0.25) is 15.9 Å². The molecule has 8 heteroatoms. The molecule has 1 aromatic rings. The molecule has 1 atom stereocenters. The van der Waals surface area contributed by atoms with Gasteiger partial charge in [0.1, 0.15) is 5.75 Å². The van der Waals surface area contributed by atoms with Crippen molar-refractivity contribution in [1.82, 2.24) is 10.0 Å². The largest absolute Gasteiger partial charge is 0.495 e. The van der Waals surface area contributed by atoms with E-state index in [-0.39, 0.29) is 9.92 Å². The highest BCUT2D eigenvalue weighted by molar-refractivity contribution is 7.89. The van der Waals surface area contributed by atoms with Crippen LogP contribution in [0.15, 0.2) is 23.1 Å². The van der Waals surface area contributed by atoms with Gasteiger partial charge in [-0.1, -0.05) is 11.6 Å². The number of methoxy groups -OCH3 is 1. The summed E-state index contributed by atoms with van der Waals surface area (Å²) in [4.78, 5) is 11.9. The first kappa shape index (κ1) is 18.7. The van der Waals surface area contributed by atoms with E-state index in [1.54, 1.807) is 0 Å². The number of benzene rings is 1. The van der Waals surface area contributed by atoms with Crippen LogP contribution in [0.25, 0.3) is 0 Å². The Kier molecular flexibility index (Phi) is 5.83. The lowest BCUT2D eigenvalue weighted by atomic mass is 10.1. The van der Waals surface area contributed by atoms with Crippen molar-refractivity contribution in [1.29, 1.82) is 0 Å². The summed E-state index contributed by atoms with van der Waals surface area (Å²) in [7, 11) is -2.42. The van der Waals surface area contributed by atoms with E-state index in [9.17, 15) is 13.2 Å². The normalized spacial score (nSPS) is 13.5. The molecule has 0 unspecified atom stereocenters. The third-order valence-electron chi connectivity index (χ3n) is 2.66. The molecule has 22 heavy (non-hydrogen) atoms. The van der Waals surface area contributed by atoms with Crippen LogP contribution in [0.1, 0.15) is 27.7 Å². The van der Waals surface area contributed by atoms with Gasteiger partial charge in [0, 0.05) is 5.54 Å². The molecular weight excluding hydrogens is 328 g/mol. The second kappa shape index (κ2) is 6.85. The number of carbonyl (C=O) groups excluding carboxylic acids is 1. The average molecular weight is 349 g/mol. The highest BCUT2D eigenvalue weighted by atomic mass is 35.5. The van der Waals surface area contributed by atoms with Gasteiger partial charge in [-0.3, -0.25) is 4.79 Å². The van der Waals surface area contributed by atoms with Gasteiger partial charge in [-0.05, 0) is 45.9 Å². The van der Waals surface area contributed by atoms with Crippen molar-refractivity contribution in [2.24, 2.45) is 0 Å². The fourth-order valence-electron chi connectivity index (χ4n) is 1.65. The van der Waals surface area contributed by atoms with E-state index in [2.05, 4.69) is 10.0 Å². The SMILES string of the molecule is COc1ccc(S(=O)(=O)N[C@H](C)C(=O)NC(C)(C)C)cc1Cl. The topological polar surface area (TPSA) is 84.5 Å². The van der Waals surface area contributed by atoms with Crippen LogP contribution in [0.2, 0.25) is 5.02 Å². The Morgan fingerprint density at radius 3 is 2.36 bits per heavy atom. The zero-order valence-corrected chi connectivity index (χ0v) is 14.8. The van der Waals surface area contributed by atoms with Crippen LogP contribution in [0.4, 0.5) is 0 Å². The van der Waals surface area contributed by atoms with Crippen molar-refractivity contribution in [3.8, 4) is 5.75 Å². The van der Waals surface area contributed by atoms with E-state index in [0.29, 0.717) is 5.75 Å². The molecule has 1 amide bonds. The van der Waals surface area contributed by atoms with Gasteiger partial charge in [0.15, 0.2) is 0 Å². The molecule has 0 radical (unpaired) electrons. The van der Waals surface area contributed by atoms with Crippen LogP contribution in [0, 0.1) is 0 Å². The summed E-state index contributed by atoms with van der Waals surface area (Å²) < 4.78 is 31.8. The van der Waals surface area contributed by atoms with Gasteiger partial charge in [0.05, 0.1) is 23.1 Å². The molecule has 124 valence electrons. The van der Waals surface area contributed by atoms with E-state index in [0.717, 1.165) is 0 Å². The van der Waals surface area contributed by atoms with Crippen molar-refractivity contribution in [2.45, 2.75) is 44.2 Å². The Labute approximate surface area is 136 Å². The molecule has 0 aliphatic rings. The third kappa shape index (κ3) is 5.15. The number of hydrogen-bond acceptors (Lipinski definition) is 4. The highest BCUT2D eigenvalue weighted by Gasteiger charge is 2.25. The molecule has 0 fully saturated rings. The monoisotopic (exact) mass is 348 g/mol. The van der Waals surface area contributed by atoms with Gasteiger partial charge >= 0.3 is 0 Å². The van der Waals surface area contributed by atoms with E-state index in [4.69, 9.17) is 16.3 Å². The van der Waals surface area contributed by atoms with Crippen LogP contribution in [0.5, 0.6) is 5.75 Å². The van der Waals surface area contributed by atoms with E-state index in [1.807, 2.05) is 20.8 Å². The molecule has 0 aliphatic heterocycles. The predicted molar refractivity (Wildman–Crippen MR) is 85.7 cm³/mol. The first-order chi connectivity index (χ1) is 9.96. The van der Waals surface area contributed by atoms with Crippen LogP contribution in [-0.4, -0.2) is 33.0 Å². The quantitative estimate of drug-likeness (QED) is 0.851. The third-order valence-corrected chi connectivity index (χ3v) is 4.49. The minimum atomic E-state index is -3.86. The first-order valence-electron chi connectivity index (χ1n) is 6.64. The summed E-state index contributed by atoms with van der Waals surface area (Å²) in [5.74, 6) is -0.0326. The molecule has 0 saturated carbocycles. The van der Waals surface area contributed by atoms with Crippen LogP contribution in [-0.2, 0) is 14.8 Å². The molecule has 0 saturated heterocycles. The van der Waals surface area contributed by atoms with Crippen LogP contribution < -0.4 is 14.8 Å². The number of amides is 1. The van der Waals surface area contributed by atoms with E-state index < -0.39 is 27.5 Å². The fourth-order valence-corrected chi connectivity index (χ4v) is 3.20. The predicted octanol–water partition coefficient (Wildman–Crippen LogP) is 1.93. The first-order valence-corrected chi connectivity index (χ1v) is 8.50. The Morgan fingerprint density at radius 2 is 1.91 bits per heavy atom. The highest BCUT2D eigenvalue weighted by Crippen LogP contribution is 2.26. The van der Waals surface area contributed by atoms with Gasteiger partial charge < -0.3 is 10.1 Å². The summed E-state index contributed by atoms with van der Waals surface area (Å²) in [6.07, 6.45) is 0. The van der Waals surface area contributed by atoms with Crippen molar-refractivity contribution in [3.63, 3.8) is 0 Å². The number of nitrogens with one attached hydrogen (secondary N) is 2. The minimum absolute atomic E-state index is 0.0336. The lowest BCUT2D eigenvalue weighted by Gasteiger charge is -2.23. The van der Waals surface area contributed by atoms with Crippen LogP contribution in [0.3, 0.4) is 0 Å². The minimum Gasteiger partial charge on any atom is -0.495 e. The lowest BCUT2D eigenvalue weighted by molar-refractivity contribution is -0.123. The number of ether oxygens (including phenoxy) is 1. The molecule has 0 heterocycles. The molecule has 0 bridgehead atoms. The summed E-state index contributed by atoms with van der Waals surface area (Å²) in [5, 5.41) is 2.89. The maximum atomic E-state index is 12.3. The maximum absolute atomic E-state index is 12.3. The number of rotatable bonds is 5.